The summed E-state index contributed by atoms with van der Waals surface area (Å²) >= 11 is 0. The Morgan fingerprint density at radius 3 is 2.26 bits per heavy atom. The van der Waals surface area contributed by atoms with Crippen LogP contribution in [0.3, 0.4) is 0 Å². The maximum atomic E-state index is 12.5. The third-order valence-electron chi connectivity index (χ3n) is 7.68. The predicted octanol–water partition coefficient (Wildman–Crippen LogP) is 3.70. The van der Waals surface area contributed by atoms with Crippen LogP contribution >= 0.6 is 0 Å². The van der Waals surface area contributed by atoms with E-state index in [1.165, 1.54) is 27.8 Å². The summed E-state index contributed by atoms with van der Waals surface area (Å²) in [7, 11) is 3.66. The number of methoxy groups -OCH3 is 3. The highest BCUT2D eigenvalue weighted by molar-refractivity contribution is 5.87. The van der Waals surface area contributed by atoms with Gasteiger partial charge in [-0.2, -0.15) is 0 Å². The first-order valence-corrected chi connectivity index (χ1v) is 11.0. The molecule has 0 saturated heterocycles. The van der Waals surface area contributed by atoms with Crippen LogP contribution in [0.15, 0.2) is 12.2 Å². The van der Waals surface area contributed by atoms with E-state index in [1.54, 1.807) is 0 Å². The third kappa shape index (κ3) is 5.30. The SMILES string of the molecule is C=C1CCC2C(C)(C)CCC[C@]2(C)[C@H]1CO[C@@H](C(=O)OC)[C@@H](CC(=O)OC)C(=O)OC. The van der Waals surface area contributed by atoms with Crippen molar-refractivity contribution in [3.05, 3.63) is 12.2 Å². The summed E-state index contributed by atoms with van der Waals surface area (Å²) in [6.45, 7) is 11.5. The van der Waals surface area contributed by atoms with Gasteiger partial charge in [0.2, 0.25) is 0 Å². The Balaban J connectivity index is 2.28. The van der Waals surface area contributed by atoms with Gasteiger partial charge in [-0.25, -0.2) is 4.79 Å². The standard InChI is InChI=1S/C24H38O7/c1-15-9-10-18-23(2,3)11-8-12-24(18,4)17(15)14-31-20(22(27)30-7)16(21(26)29-6)13-19(25)28-5/h16-18,20H,1,8-14H2,2-7H3/t16-,17+,18?,20-,24-/m1/s1. The first-order valence-electron chi connectivity index (χ1n) is 11.0. The maximum absolute atomic E-state index is 12.5. The number of hydrogen-bond acceptors (Lipinski definition) is 7. The molecule has 0 aromatic carbocycles. The second kappa shape index (κ2) is 10.2. The molecule has 0 N–H and O–H groups in total. The highest BCUT2D eigenvalue weighted by Gasteiger charge is 2.53. The van der Waals surface area contributed by atoms with Crippen molar-refractivity contribution >= 4 is 17.9 Å². The zero-order chi connectivity index (χ0) is 23.4. The summed E-state index contributed by atoms with van der Waals surface area (Å²) in [4.78, 5) is 36.8. The van der Waals surface area contributed by atoms with Crippen molar-refractivity contribution in [2.75, 3.05) is 27.9 Å². The molecule has 7 heteroatoms. The molecule has 0 aromatic heterocycles. The van der Waals surface area contributed by atoms with Gasteiger partial charge in [0.25, 0.3) is 0 Å². The highest BCUT2D eigenvalue weighted by atomic mass is 16.6. The predicted molar refractivity (Wildman–Crippen MR) is 115 cm³/mol. The van der Waals surface area contributed by atoms with E-state index in [1.807, 2.05) is 0 Å². The van der Waals surface area contributed by atoms with E-state index in [2.05, 4.69) is 27.4 Å². The molecule has 7 nitrogen and oxygen atoms in total. The molecule has 2 aliphatic rings. The molecule has 0 radical (unpaired) electrons. The molecule has 0 spiro atoms. The van der Waals surface area contributed by atoms with Gasteiger partial charge in [0.1, 0.15) is 5.92 Å². The van der Waals surface area contributed by atoms with E-state index in [0.717, 1.165) is 31.3 Å². The first kappa shape index (κ1) is 25.4. The van der Waals surface area contributed by atoms with Gasteiger partial charge in [0.15, 0.2) is 6.10 Å². The van der Waals surface area contributed by atoms with Gasteiger partial charge in [-0.1, -0.05) is 39.3 Å². The monoisotopic (exact) mass is 438 g/mol. The highest BCUT2D eigenvalue weighted by Crippen LogP contribution is 2.60. The Labute approximate surface area is 185 Å². The molecular formula is C24H38O7. The Hall–Kier alpha value is -1.89. The van der Waals surface area contributed by atoms with Crippen molar-refractivity contribution in [2.24, 2.45) is 28.6 Å². The van der Waals surface area contributed by atoms with E-state index in [-0.39, 0.29) is 29.8 Å². The molecule has 2 aliphatic carbocycles. The average Bonchev–Trinajstić information content (AvgIpc) is 2.72. The molecule has 2 saturated carbocycles. The number of carbonyl (C=O) groups is 3. The Morgan fingerprint density at radius 1 is 1.03 bits per heavy atom. The summed E-state index contributed by atoms with van der Waals surface area (Å²) in [5.74, 6) is -2.63. The van der Waals surface area contributed by atoms with Crippen LogP contribution in [0.4, 0.5) is 0 Å². The van der Waals surface area contributed by atoms with Crippen LogP contribution in [-0.2, 0) is 33.3 Å². The average molecular weight is 439 g/mol. The van der Waals surface area contributed by atoms with Crippen LogP contribution in [0.25, 0.3) is 0 Å². The molecule has 2 fully saturated rings. The van der Waals surface area contributed by atoms with Crippen molar-refractivity contribution in [3.8, 4) is 0 Å². The lowest BCUT2D eigenvalue weighted by atomic mass is 9.48. The van der Waals surface area contributed by atoms with Crippen LogP contribution in [0.1, 0.15) is 59.3 Å². The van der Waals surface area contributed by atoms with Gasteiger partial charge in [-0.3, -0.25) is 9.59 Å². The lowest BCUT2D eigenvalue weighted by Gasteiger charge is -2.58. The minimum Gasteiger partial charge on any atom is -0.469 e. The van der Waals surface area contributed by atoms with E-state index in [0.29, 0.717) is 5.92 Å². The van der Waals surface area contributed by atoms with Crippen LogP contribution in [0.5, 0.6) is 0 Å². The largest absolute Gasteiger partial charge is 0.469 e. The molecule has 0 aliphatic heterocycles. The number of ether oxygens (including phenoxy) is 4. The van der Waals surface area contributed by atoms with Crippen molar-refractivity contribution in [1.29, 1.82) is 0 Å². The van der Waals surface area contributed by atoms with Crippen molar-refractivity contribution < 1.29 is 33.3 Å². The smallest absolute Gasteiger partial charge is 0.335 e. The van der Waals surface area contributed by atoms with Gasteiger partial charge >= 0.3 is 17.9 Å². The fourth-order valence-electron chi connectivity index (χ4n) is 5.97. The number of esters is 3. The number of rotatable bonds is 8. The lowest BCUT2D eigenvalue weighted by Crippen LogP contribution is -2.51. The topological polar surface area (TPSA) is 88.1 Å². The van der Waals surface area contributed by atoms with Crippen molar-refractivity contribution in [3.63, 3.8) is 0 Å². The van der Waals surface area contributed by atoms with E-state index in [9.17, 15) is 14.4 Å². The molecule has 5 atom stereocenters. The molecule has 2 rings (SSSR count). The molecule has 0 amide bonds. The lowest BCUT2D eigenvalue weighted by molar-refractivity contribution is -0.174. The Morgan fingerprint density at radius 2 is 1.68 bits per heavy atom. The van der Waals surface area contributed by atoms with Crippen LogP contribution < -0.4 is 0 Å². The normalized spacial score (nSPS) is 29.3. The fourth-order valence-corrected chi connectivity index (χ4v) is 5.97. The summed E-state index contributed by atoms with van der Waals surface area (Å²) < 4.78 is 20.5. The molecule has 0 aromatic rings. The number of hydrogen-bond donors (Lipinski definition) is 0. The van der Waals surface area contributed by atoms with Gasteiger partial charge in [0, 0.05) is 5.92 Å². The fraction of sp³-hybridized carbons (Fsp3) is 0.792. The third-order valence-corrected chi connectivity index (χ3v) is 7.68. The number of carbonyl (C=O) groups excluding carboxylic acids is 3. The second-order valence-corrected chi connectivity index (χ2v) is 9.84. The molecular weight excluding hydrogens is 400 g/mol. The molecule has 176 valence electrons. The summed E-state index contributed by atoms with van der Waals surface area (Å²) in [6.07, 6.45) is 3.83. The Kier molecular flexibility index (Phi) is 8.31. The zero-order valence-corrected chi connectivity index (χ0v) is 19.8. The van der Waals surface area contributed by atoms with Gasteiger partial charge in [-0.05, 0) is 42.4 Å². The van der Waals surface area contributed by atoms with Crippen molar-refractivity contribution in [2.45, 2.75) is 65.4 Å². The number of fused-ring (bicyclic) bond motifs is 1. The van der Waals surface area contributed by atoms with Crippen LogP contribution in [-0.4, -0.2) is 51.9 Å². The molecule has 0 bridgehead atoms. The van der Waals surface area contributed by atoms with Crippen molar-refractivity contribution in [1.82, 2.24) is 0 Å². The van der Waals surface area contributed by atoms with Gasteiger partial charge < -0.3 is 18.9 Å². The van der Waals surface area contributed by atoms with E-state index >= 15 is 0 Å². The zero-order valence-electron chi connectivity index (χ0n) is 19.8. The minimum absolute atomic E-state index is 0.000857. The molecule has 0 heterocycles. The summed E-state index contributed by atoms with van der Waals surface area (Å²) in [5, 5.41) is 0. The quantitative estimate of drug-likeness (QED) is 0.324. The van der Waals surface area contributed by atoms with E-state index < -0.39 is 29.9 Å². The molecule has 31 heavy (non-hydrogen) atoms. The van der Waals surface area contributed by atoms with Crippen LogP contribution in [0.2, 0.25) is 0 Å². The second-order valence-electron chi connectivity index (χ2n) is 9.84. The first-order chi connectivity index (χ1) is 14.5. The Bertz CT molecular complexity index is 698. The van der Waals surface area contributed by atoms with E-state index in [4.69, 9.17) is 18.9 Å². The maximum Gasteiger partial charge on any atom is 0.335 e. The minimum atomic E-state index is -1.26. The summed E-state index contributed by atoms with van der Waals surface area (Å²) in [5.41, 5.74) is 1.34. The van der Waals surface area contributed by atoms with Gasteiger partial charge in [0.05, 0.1) is 34.4 Å². The van der Waals surface area contributed by atoms with Gasteiger partial charge in [-0.15, -0.1) is 0 Å². The van der Waals surface area contributed by atoms with Crippen LogP contribution in [0, 0.1) is 28.6 Å². The molecule has 1 unspecified atom stereocenters. The summed E-state index contributed by atoms with van der Waals surface area (Å²) in [6, 6.07) is 0.